The molecule has 0 spiro atoms. The molecule has 1 unspecified atom stereocenters. The number of halogens is 1. The lowest BCUT2D eigenvalue weighted by Gasteiger charge is -2.20. The molecule has 1 aliphatic rings. The Morgan fingerprint density at radius 2 is 2.28 bits per heavy atom. The van der Waals surface area contributed by atoms with E-state index in [1.165, 1.54) is 38.4 Å². The molecule has 1 aromatic rings. The quantitative estimate of drug-likeness (QED) is 0.834. The fourth-order valence-electron chi connectivity index (χ4n) is 2.54. The van der Waals surface area contributed by atoms with Gasteiger partial charge in [-0.3, -0.25) is 0 Å². The Labute approximate surface area is 108 Å². The van der Waals surface area contributed by atoms with Crippen LogP contribution in [0.5, 0.6) is 0 Å². The Morgan fingerprint density at radius 3 is 3.00 bits per heavy atom. The molecule has 0 radical (unpaired) electrons. The summed E-state index contributed by atoms with van der Waals surface area (Å²) in [6.45, 7) is 5.78. The number of likely N-dealkylation sites (tertiary alicyclic amines) is 1. The number of pyridine rings is 1. The molecule has 2 heterocycles. The van der Waals surface area contributed by atoms with Gasteiger partial charge in [-0.15, -0.1) is 0 Å². The first-order valence-electron chi connectivity index (χ1n) is 6.88. The summed E-state index contributed by atoms with van der Waals surface area (Å²) in [5.74, 6) is -0.421. The standard InChI is InChI=1S/C14H22FN3/c1-2-8-18-9-3-4-12(7-10-18)17-13-5-6-14(15)16-11-13/h5-6,11-12,17H,2-4,7-10H2,1H3. The monoisotopic (exact) mass is 251 g/mol. The van der Waals surface area contributed by atoms with Gasteiger partial charge in [-0.2, -0.15) is 4.39 Å². The maximum Gasteiger partial charge on any atom is 0.212 e. The van der Waals surface area contributed by atoms with Gasteiger partial charge >= 0.3 is 0 Å². The fraction of sp³-hybridized carbons (Fsp3) is 0.643. The van der Waals surface area contributed by atoms with Crippen molar-refractivity contribution in [2.24, 2.45) is 0 Å². The van der Waals surface area contributed by atoms with Crippen LogP contribution in [0.1, 0.15) is 32.6 Å². The molecular formula is C14H22FN3. The first kappa shape index (κ1) is 13.3. The molecule has 4 heteroatoms. The summed E-state index contributed by atoms with van der Waals surface area (Å²) in [4.78, 5) is 6.21. The maximum absolute atomic E-state index is 12.7. The molecule has 0 saturated carbocycles. The van der Waals surface area contributed by atoms with E-state index in [0.29, 0.717) is 6.04 Å². The molecule has 1 atom stereocenters. The van der Waals surface area contributed by atoms with Crippen LogP contribution in [0.15, 0.2) is 18.3 Å². The number of hydrogen-bond donors (Lipinski definition) is 1. The van der Waals surface area contributed by atoms with Gasteiger partial charge in [-0.1, -0.05) is 6.92 Å². The molecule has 1 saturated heterocycles. The van der Waals surface area contributed by atoms with Gasteiger partial charge in [0.1, 0.15) is 0 Å². The van der Waals surface area contributed by atoms with Crippen LogP contribution in [0.25, 0.3) is 0 Å². The molecule has 1 N–H and O–H groups in total. The minimum atomic E-state index is -0.421. The first-order chi connectivity index (χ1) is 8.78. The minimum absolute atomic E-state index is 0.421. The van der Waals surface area contributed by atoms with E-state index in [9.17, 15) is 4.39 Å². The molecule has 3 nitrogen and oxygen atoms in total. The van der Waals surface area contributed by atoms with Crippen LogP contribution in [-0.4, -0.2) is 35.6 Å². The second kappa shape index (κ2) is 6.69. The van der Waals surface area contributed by atoms with Gasteiger partial charge in [0.25, 0.3) is 0 Å². The van der Waals surface area contributed by atoms with Gasteiger partial charge in [0.05, 0.1) is 11.9 Å². The summed E-state index contributed by atoms with van der Waals surface area (Å²) in [6, 6.07) is 3.65. The van der Waals surface area contributed by atoms with E-state index in [2.05, 4.69) is 22.1 Å². The number of aromatic nitrogens is 1. The normalized spacial score (nSPS) is 21.6. The Kier molecular flexibility index (Phi) is 4.93. The van der Waals surface area contributed by atoms with E-state index < -0.39 is 5.95 Å². The van der Waals surface area contributed by atoms with Crippen molar-refractivity contribution in [1.29, 1.82) is 0 Å². The van der Waals surface area contributed by atoms with E-state index in [-0.39, 0.29) is 0 Å². The summed E-state index contributed by atoms with van der Waals surface area (Å²) in [5, 5.41) is 3.45. The number of nitrogens with one attached hydrogen (secondary N) is 1. The van der Waals surface area contributed by atoms with Crippen molar-refractivity contribution in [3.05, 3.63) is 24.3 Å². The summed E-state index contributed by atoms with van der Waals surface area (Å²) in [7, 11) is 0. The van der Waals surface area contributed by atoms with E-state index in [4.69, 9.17) is 0 Å². The van der Waals surface area contributed by atoms with Gasteiger partial charge in [0.15, 0.2) is 0 Å². The highest BCUT2D eigenvalue weighted by Gasteiger charge is 2.16. The van der Waals surface area contributed by atoms with Crippen LogP contribution < -0.4 is 5.32 Å². The summed E-state index contributed by atoms with van der Waals surface area (Å²) >= 11 is 0. The highest BCUT2D eigenvalue weighted by atomic mass is 19.1. The molecule has 1 aromatic heterocycles. The van der Waals surface area contributed by atoms with Crippen LogP contribution in [0.3, 0.4) is 0 Å². The van der Waals surface area contributed by atoms with E-state index in [0.717, 1.165) is 18.7 Å². The molecule has 0 amide bonds. The van der Waals surface area contributed by atoms with Gasteiger partial charge in [-0.05, 0) is 50.9 Å². The van der Waals surface area contributed by atoms with Crippen molar-refractivity contribution in [2.45, 2.75) is 38.6 Å². The molecule has 2 rings (SSSR count). The molecule has 1 fully saturated rings. The van der Waals surface area contributed by atoms with Crippen LogP contribution in [0.2, 0.25) is 0 Å². The van der Waals surface area contributed by atoms with Crippen LogP contribution in [0.4, 0.5) is 10.1 Å². The topological polar surface area (TPSA) is 28.2 Å². The third kappa shape index (κ3) is 3.95. The molecule has 0 aromatic carbocycles. The van der Waals surface area contributed by atoms with Crippen LogP contribution in [-0.2, 0) is 0 Å². The van der Waals surface area contributed by atoms with E-state index in [1.54, 1.807) is 12.3 Å². The Hall–Kier alpha value is -1.16. The largest absolute Gasteiger partial charge is 0.381 e. The van der Waals surface area contributed by atoms with Crippen molar-refractivity contribution < 1.29 is 4.39 Å². The first-order valence-corrected chi connectivity index (χ1v) is 6.88. The predicted octanol–water partition coefficient (Wildman–Crippen LogP) is 2.90. The summed E-state index contributed by atoms with van der Waals surface area (Å²) in [6.07, 6.45) is 6.35. The smallest absolute Gasteiger partial charge is 0.212 e. The SMILES string of the molecule is CCCN1CCCC(Nc2ccc(F)nc2)CC1. The Morgan fingerprint density at radius 1 is 1.39 bits per heavy atom. The number of rotatable bonds is 4. The van der Waals surface area contributed by atoms with Crippen molar-refractivity contribution >= 4 is 5.69 Å². The van der Waals surface area contributed by atoms with Crippen molar-refractivity contribution in [2.75, 3.05) is 25.0 Å². The molecular weight excluding hydrogens is 229 g/mol. The average molecular weight is 251 g/mol. The molecule has 1 aliphatic heterocycles. The van der Waals surface area contributed by atoms with Crippen molar-refractivity contribution in [3.63, 3.8) is 0 Å². The molecule has 0 bridgehead atoms. The zero-order chi connectivity index (χ0) is 12.8. The lowest BCUT2D eigenvalue weighted by molar-refractivity contribution is 0.285. The van der Waals surface area contributed by atoms with Gasteiger partial charge in [0, 0.05) is 12.6 Å². The van der Waals surface area contributed by atoms with Crippen LogP contribution in [0, 0.1) is 5.95 Å². The van der Waals surface area contributed by atoms with Gasteiger partial charge < -0.3 is 10.2 Å². The van der Waals surface area contributed by atoms with Crippen molar-refractivity contribution in [1.82, 2.24) is 9.88 Å². The number of nitrogens with zero attached hydrogens (tertiary/aromatic N) is 2. The zero-order valence-corrected chi connectivity index (χ0v) is 11.0. The third-order valence-corrected chi connectivity index (χ3v) is 3.46. The zero-order valence-electron chi connectivity index (χ0n) is 11.0. The lowest BCUT2D eigenvalue weighted by Crippen LogP contribution is -2.27. The predicted molar refractivity (Wildman–Crippen MR) is 72.2 cm³/mol. The minimum Gasteiger partial charge on any atom is -0.381 e. The third-order valence-electron chi connectivity index (χ3n) is 3.46. The second-order valence-electron chi connectivity index (χ2n) is 4.98. The lowest BCUT2D eigenvalue weighted by atomic mass is 10.1. The number of hydrogen-bond acceptors (Lipinski definition) is 3. The Bertz CT molecular complexity index is 353. The van der Waals surface area contributed by atoms with Gasteiger partial charge in [0.2, 0.25) is 5.95 Å². The fourth-order valence-corrected chi connectivity index (χ4v) is 2.54. The molecule has 100 valence electrons. The van der Waals surface area contributed by atoms with E-state index in [1.807, 2.05) is 0 Å². The second-order valence-corrected chi connectivity index (χ2v) is 4.98. The number of anilines is 1. The summed E-state index contributed by atoms with van der Waals surface area (Å²) in [5.41, 5.74) is 0.922. The van der Waals surface area contributed by atoms with Crippen LogP contribution >= 0.6 is 0 Å². The van der Waals surface area contributed by atoms with Gasteiger partial charge in [-0.25, -0.2) is 4.98 Å². The Balaban J connectivity index is 1.84. The average Bonchev–Trinajstić information content (AvgIpc) is 2.59. The summed E-state index contributed by atoms with van der Waals surface area (Å²) < 4.78 is 12.7. The van der Waals surface area contributed by atoms with E-state index >= 15 is 0 Å². The maximum atomic E-state index is 12.7. The highest BCUT2D eigenvalue weighted by Crippen LogP contribution is 2.16. The van der Waals surface area contributed by atoms with Crippen molar-refractivity contribution in [3.8, 4) is 0 Å². The molecule has 0 aliphatic carbocycles. The highest BCUT2D eigenvalue weighted by molar-refractivity contribution is 5.40. The molecule has 18 heavy (non-hydrogen) atoms.